The van der Waals surface area contributed by atoms with E-state index in [0.717, 1.165) is 11.1 Å². The van der Waals surface area contributed by atoms with Gasteiger partial charge in [0, 0.05) is 28.6 Å². The Balaban J connectivity index is 1.73. The smallest absolute Gasteiger partial charge is 0.371 e. The number of carbonyl (C=O) groups is 1. The molecule has 2 aromatic heterocycles. The van der Waals surface area contributed by atoms with E-state index in [1.807, 2.05) is 25.1 Å². The van der Waals surface area contributed by atoms with Crippen LogP contribution in [0.2, 0.25) is 0 Å². The summed E-state index contributed by atoms with van der Waals surface area (Å²) in [5, 5.41) is 6.34. The zero-order valence-corrected chi connectivity index (χ0v) is 16.6. The first-order chi connectivity index (χ1) is 13.2. The molecule has 3 aromatic rings. The highest BCUT2D eigenvalue weighted by Crippen LogP contribution is 2.37. The monoisotopic (exact) mass is 431 g/mol. The molecule has 10 heteroatoms. The largest absolute Gasteiger partial charge is 0.435 e. The quantitative estimate of drug-likeness (QED) is 0.567. The Bertz CT molecular complexity index is 1010. The van der Waals surface area contributed by atoms with Gasteiger partial charge in [-0.25, -0.2) is 0 Å². The molecule has 2 heterocycles. The Morgan fingerprint density at radius 3 is 2.75 bits per heavy atom. The van der Waals surface area contributed by atoms with Crippen molar-refractivity contribution in [3.05, 3.63) is 46.0 Å². The molecule has 0 aliphatic rings. The van der Waals surface area contributed by atoms with Gasteiger partial charge in [0.2, 0.25) is 5.91 Å². The Kier molecular flexibility index (Phi) is 5.97. The van der Waals surface area contributed by atoms with Gasteiger partial charge in [-0.05, 0) is 24.6 Å². The number of rotatable bonds is 6. The molecule has 0 aliphatic carbocycles. The third-order valence-electron chi connectivity index (χ3n) is 3.99. The highest BCUT2D eigenvalue weighted by molar-refractivity contribution is 7.18. The number of hydrogen-bond donors (Lipinski definition) is 1. The van der Waals surface area contributed by atoms with Gasteiger partial charge in [-0.1, -0.05) is 12.1 Å². The summed E-state index contributed by atoms with van der Waals surface area (Å²) in [7, 11) is 1.48. The molecular formula is C18H17ClF3N3O2S. The molecule has 0 spiro atoms. The molecule has 0 saturated heterocycles. The molecule has 1 amide bonds. The van der Waals surface area contributed by atoms with Crippen molar-refractivity contribution in [3.63, 3.8) is 0 Å². The van der Waals surface area contributed by atoms with Crippen LogP contribution in [0, 0.1) is 6.92 Å². The van der Waals surface area contributed by atoms with Crippen LogP contribution in [0.5, 0.6) is 0 Å². The number of nitrogens with zero attached hydrogens (tertiary/aromatic N) is 2. The lowest BCUT2D eigenvalue weighted by Gasteiger charge is -2.11. The molecule has 0 fully saturated rings. The minimum Gasteiger partial charge on any atom is -0.371 e. The molecule has 0 radical (unpaired) electrons. The van der Waals surface area contributed by atoms with E-state index in [2.05, 4.69) is 10.4 Å². The van der Waals surface area contributed by atoms with Crippen molar-refractivity contribution in [1.82, 2.24) is 9.78 Å². The van der Waals surface area contributed by atoms with Gasteiger partial charge in [0.1, 0.15) is 10.7 Å². The molecule has 28 heavy (non-hydrogen) atoms. The molecular weight excluding hydrogens is 415 g/mol. The first kappa shape index (κ1) is 20.6. The van der Waals surface area contributed by atoms with Crippen molar-refractivity contribution in [3.8, 4) is 0 Å². The predicted molar refractivity (Wildman–Crippen MR) is 103 cm³/mol. The van der Waals surface area contributed by atoms with Crippen LogP contribution in [-0.4, -0.2) is 21.6 Å². The van der Waals surface area contributed by atoms with E-state index in [-0.39, 0.29) is 30.4 Å². The van der Waals surface area contributed by atoms with Crippen molar-refractivity contribution in [2.75, 3.05) is 11.2 Å². The Morgan fingerprint density at radius 2 is 2.07 bits per heavy atom. The summed E-state index contributed by atoms with van der Waals surface area (Å²) in [6.45, 7) is 2.23. The highest BCUT2D eigenvalue weighted by atomic mass is 35.5. The summed E-state index contributed by atoms with van der Waals surface area (Å²) in [6.07, 6.45) is -4.50. The topological polar surface area (TPSA) is 56.1 Å². The lowest BCUT2D eigenvalue weighted by molar-refractivity contribution is -0.140. The van der Waals surface area contributed by atoms with E-state index in [9.17, 15) is 18.0 Å². The zero-order valence-electron chi connectivity index (χ0n) is 15.1. The second-order valence-electron chi connectivity index (χ2n) is 6.24. The van der Waals surface area contributed by atoms with Crippen LogP contribution in [0.3, 0.4) is 0 Å². The van der Waals surface area contributed by atoms with Gasteiger partial charge < -0.3 is 10.1 Å². The maximum atomic E-state index is 13.1. The molecule has 0 atom stereocenters. The summed E-state index contributed by atoms with van der Waals surface area (Å²) in [6, 6.07) is 6.98. The van der Waals surface area contributed by atoms with Gasteiger partial charge in [0.25, 0.3) is 0 Å². The number of benzene rings is 1. The maximum Gasteiger partial charge on any atom is 0.435 e. The average molecular weight is 432 g/mol. The number of ether oxygens (including phenoxy) is 1. The van der Waals surface area contributed by atoms with E-state index < -0.39 is 11.9 Å². The first-order valence-corrected chi connectivity index (χ1v) is 9.60. The van der Waals surface area contributed by atoms with E-state index in [0.29, 0.717) is 15.4 Å². The van der Waals surface area contributed by atoms with Gasteiger partial charge in [-0.15, -0.1) is 22.9 Å². The van der Waals surface area contributed by atoms with Gasteiger partial charge >= 0.3 is 6.18 Å². The second-order valence-corrected chi connectivity index (χ2v) is 7.62. The average Bonchev–Trinajstić information content (AvgIpc) is 3.16. The minimum atomic E-state index is -4.50. The van der Waals surface area contributed by atoms with Crippen LogP contribution in [0.25, 0.3) is 10.2 Å². The molecule has 5 nitrogen and oxygen atoms in total. The molecule has 0 aliphatic heterocycles. The predicted octanol–water partition coefficient (Wildman–Crippen LogP) is 4.86. The number of amides is 1. The summed E-state index contributed by atoms with van der Waals surface area (Å²) in [4.78, 5) is 12.7. The molecule has 0 unspecified atom stereocenters. The van der Waals surface area contributed by atoms with Gasteiger partial charge in [-0.2, -0.15) is 18.3 Å². The number of fused-ring (bicyclic) bond motifs is 1. The molecule has 3 rings (SSSR count). The van der Waals surface area contributed by atoms with Gasteiger partial charge in [0.15, 0.2) is 5.69 Å². The van der Waals surface area contributed by atoms with Crippen molar-refractivity contribution in [2.45, 2.75) is 26.3 Å². The maximum absolute atomic E-state index is 13.1. The Morgan fingerprint density at radius 1 is 1.32 bits per heavy atom. The molecule has 150 valence electrons. The summed E-state index contributed by atoms with van der Waals surface area (Å²) in [5.41, 5.74) is 1.43. The highest BCUT2D eigenvalue weighted by Gasteiger charge is 2.37. The number of hydrogen-bond acceptors (Lipinski definition) is 4. The third kappa shape index (κ3) is 4.48. The van der Waals surface area contributed by atoms with Gasteiger partial charge in [0.05, 0.1) is 13.2 Å². The lowest BCUT2D eigenvalue weighted by atomic mass is 10.1. The number of nitrogens with one attached hydrogen (secondary N) is 1. The summed E-state index contributed by atoms with van der Waals surface area (Å²) >= 11 is 6.74. The van der Waals surface area contributed by atoms with E-state index in [1.54, 1.807) is 0 Å². The van der Waals surface area contributed by atoms with Crippen LogP contribution in [-0.2, 0) is 36.0 Å². The van der Waals surface area contributed by atoms with Crippen LogP contribution in [0.4, 0.5) is 18.9 Å². The van der Waals surface area contributed by atoms with E-state index in [4.69, 9.17) is 16.3 Å². The van der Waals surface area contributed by atoms with Crippen molar-refractivity contribution in [2.24, 2.45) is 7.05 Å². The SMILES string of the molecule is Cc1ccc(COCc2cc3c(C(F)(F)F)nn(C)c3s2)c(NC(=O)CCl)c1. The number of aromatic nitrogens is 2. The third-order valence-corrected chi connectivity index (χ3v) is 5.41. The van der Waals surface area contributed by atoms with Crippen LogP contribution >= 0.6 is 22.9 Å². The first-order valence-electron chi connectivity index (χ1n) is 8.24. The number of aryl methyl sites for hydroxylation is 2. The lowest BCUT2D eigenvalue weighted by Crippen LogP contribution is -2.14. The number of carbonyl (C=O) groups excluding carboxylic acids is 1. The van der Waals surface area contributed by atoms with Crippen LogP contribution < -0.4 is 5.32 Å². The number of alkyl halides is 4. The van der Waals surface area contributed by atoms with Crippen molar-refractivity contribution < 1.29 is 22.7 Å². The number of anilines is 1. The minimum absolute atomic E-state index is 0.0731. The Labute approximate surface area is 168 Å². The van der Waals surface area contributed by atoms with E-state index in [1.165, 1.54) is 29.1 Å². The molecule has 1 aromatic carbocycles. The fourth-order valence-corrected chi connectivity index (χ4v) is 3.82. The molecule has 0 bridgehead atoms. The molecule has 0 saturated carbocycles. The molecule has 1 N–H and O–H groups in total. The summed E-state index contributed by atoms with van der Waals surface area (Å²) in [5.74, 6) is -0.490. The fourth-order valence-electron chi connectivity index (χ4n) is 2.75. The fraction of sp³-hybridized carbons (Fsp3) is 0.333. The Hall–Kier alpha value is -2.10. The van der Waals surface area contributed by atoms with Crippen LogP contribution in [0.1, 0.15) is 21.7 Å². The van der Waals surface area contributed by atoms with Crippen LogP contribution in [0.15, 0.2) is 24.3 Å². The number of thiophene rings is 1. The van der Waals surface area contributed by atoms with Crippen molar-refractivity contribution in [1.29, 1.82) is 0 Å². The normalized spacial score (nSPS) is 11.9. The standard InChI is InChI=1S/C18H17ClF3N3O2S/c1-10-3-4-11(14(5-10)23-15(26)7-19)8-27-9-12-6-13-16(18(20,21)22)24-25(2)17(13)28-12/h3-6H,7-9H2,1-2H3,(H,23,26). The zero-order chi connectivity index (χ0) is 20.5. The second kappa shape index (κ2) is 8.10. The van der Waals surface area contributed by atoms with Crippen molar-refractivity contribution >= 4 is 44.7 Å². The van der Waals surface area contributed by atoms with Gasteiger partial charge in [-0.3, -0.25) is 9.48 Å². The van der Waals surface area contributed by atoms with E-state index >= 15 is 0 Å². The summed E-state index contributed by atoms with van der Waals surface area (Å²) < 4.78 is 46.1. The number of halogens is 4.